The first kappa shape index (κ1) is 17.3. The zero-order chi connectivity index (χ0) is 17.9. The zero-order valence-corrected chi connectivity index (χ0v) is 16.0. The molecule has 0 aliphatic carbocycles. The van der Waals surface area contributed by atoms with Crippen LogP contribution in [-0.4, -0.2) is 33.1 Å². The predicted octanol–water partition coefficient (Wildman–Crippen LogP) is 4.47. The smallest absolute Gasteiger partial charge is 0.169 e. The number of thiocarbonyl (C=S) groups is 1. The van der Waals surface area contributed by atoms with E-state index in [-0.39, 0.29) is 0 Å². The van der Waals surface area contributed by atoms with Gasteiger partial charge in [-0.1, -0.05) is 41.9 Å². The summed E-state index contributed by atoms with van der Waals surface area (Å²) in [7, 11) is 0. The van der Waals surface area contributed by atoms with Gasteiger partial charge in [-0.15, -0.1) is 0 Å². The molecule has 2 aromatic carbocycles. The molecule has 134 valence electrons. The second-order valence-corrected chi connectivity index (χ2v) is 7.51. The van der Waals surface area contributed by atoms with E-state index in [1.54, 1.807) is 0 Å². The lowest BCUT2D eigenvalue weighted by Gasteiger charge is -2.33. The minimum Gasteiger partial charge on any atom is -0.358 e. The van der Waals surface area contributed by atoms with Gasteiger partial charge in [0.1, 0.15) is 5.82 Å². The van der Waals surface area contributed by atoms with Crippen LogP contribution in [0.5, 0.6) is 0 Å². The van der Waals surface area contributed by atoms with Crippen molar-refractivity contribution >= 4 is 40.0 Å². The van der Waals surface area contributed by atoms with Crippen LogP contribution in [0, 0.1) is 0 Å². The summed E-state index contributed by atoms with van der Waals surface area (Å²) in [5.74, 6) is 1.50. The Hall–Kier alpha value is -2.11. The average molecular weight is 385 g/mol. The second-order valence-electron chi connectivity index (χ2n) is 6.69. The van der Waals surface area contributed by atoms with Gasteiger partial charge in [0.05, 0.1) is 11.0 Å². The van der Waals surface area contributed by atoms with Crippen molar-refractivity contribution in [3.8, 4) is 0 Å². The number of imidazole rings is 1. The normalized spacial score (nSPS) is 15.3. The minimum atomic E-state index is 0.439. The number of hydrogen-bond acceptors (Lipinski definition) is 2. The third-order valence-electron chi connectivity index (χ3n) is 4.92. The predicted molar refractivity (Wildman–Crippen MR) is 111 cm³/mol. The molecule has 1 aliphatic rings. The van der Waals surface area contributed by atoms with Gasteiger partial charge in [-0.2, -0.15) is 0 Å². The number of H-pyrrole nitrogens is 1. The van der Waals surface area contributed by atoms with E-state index in [1.807, 2.05) is 36.4 Å². The average Bonchev–Trinajstić information content (AvgIpc) is 3.10. The number of nitrogens with zero attached hydrogens (tertiary/aromatic N) is 2. The highest BCUT2D eigenvalue weighted by molar-refractivity contribution is 7.80. The molecule has 0 atom stereocenters. The number of fused-ring (bicyclic) bond motifs is 1. The third kappa shape index (κ3) is 3.84. The fourth-order valence-electron chi connectivity index (χ4n) is 3.44. The number of rotatable bonds is 3. The van der Waals surface area contributed by atoms with E-state index in [0.717, 1.165) is 59.5 Å². The van der Waals surface area contributed by atoms with Crippen LogP contribution in [0.15, 0.2) is 48.5 Å². The van der Waals surface area contributed by atoms with E-state index in [4.69, 9.17) is 28.8 Å². The van der Waals surface area contributed by atoms with Crippen LogP contribution < -0.4 is 5.32 Å². The van der Waals surface area contributed by atoms with Gasteiger partial charge in [0.2, 0.25) is 0 Å². The Labute approximate surface area is 163 Å². The van der Waals surface area contributed by atoms with Gasteiger partial charge >= 0.3 is 0 Å². The molecule has 4 rings (SSSR count). The van der Waals surface area contributed by atoms with E-state index >= 15 is 0 Å². The van der Waals surface area contributed by atoms with Crippen LogP contribution in [0.1, 0.15) is 30.1 Å². The summed E-state index contributed by atoms with van der Waals surface area (Å²) >= 11 is 11.6. The molecule has 2 heterocycles. The van der Waals surface area contributed by atoms with Crippen LogP contribution in [0.2, 0.25) is 5.02 Å². The maximum absolute atomic E-state index is 6.07. The van der Waals surface area contributed by atoms with E-state index in [1.165, 1.54) is 5.56 Å². The van der Waals surface area contributed by atoms with Crippen LogP contribution >= 0.6 is 23.8 Å². The van der Waals surface area contributed by atoms with Crippen LogP contribution in [0.25, 0.3) is 11.0 Å². The Bertz CT molecular complexity index is 901. The fraction of sp³-hybridized carbons (Fsp3) is 0.300. The molecule has 4 nitrogen and oxygen atoms in total. The summed E-state index contributed by atoms with van der Waals surface area (Å²) in [5.41, 5.74) is 3.23. The summed E-state index contributed by atoms with van der Waals surface area (Å²) in [6.07, 6.45) is 2.08. The number of benzene rings is 2. The van der Waals surface area contributed by atoms with E-state index < -0.39 is 0 Å². The van der Waals surface area contributed by atoms with Gasteiger partial charge in [-0.05, 0) is 48.8 Å². The first-order chi connectivity index (χ1) is 12.7. The Kier molecular flexibility index (Phi) is 5.09. The summed E-state index contributed by atoms with van der Waals surface area (Å²) in [4.78, 5) is 10.4. The number of likely N-dealkylation sites (tertiary alicyclic amines) is 1. The molecule has 0 unspecified atom stereocenters. The first-order valence-corrected chi connectivity index (χ1v) is 9.69. The maximum Gasteiger partial charge on any atom is 0.169 e. The topological polar surface area (TPSA) is 44.0 Å². The van der Waals surface area contributed by atoms with E-state index in [2.05, 4.69) is 27.3 Å². The van der Waals surface area contributed by atoms with Crippen molar-refractivity contribution in [2.45, 2.75) is 25.3 Å². The second kappa shape index (κ2) is 7.64. The fourth-order valence-corrected chi connectivity index (χ4v) is 3.86. The van der Waals surface area contributed by atoms with Crippen LogP contribution in [-0.2, 0) is 6.54 Å². The lowest BCUT2D eigenvalue weighted by atomic mass is 9.96. The highest BCUT2D eigenvalue weighted by Gasteiger charge is 2.24. The van der Waals surface area contributed by atoms with Crippen molar-refractivity contribution in [1.82, 2.24) is 20.2 Å². The molecule has 3 aromatic rings. The van der Waals surface area contributed by atoms with E-state index in [0.29, 0.717) is 5.92 Å². The Morgan fingerprint density at radius 3 is 2.73 bits per heavy atom. The molecular formula is C20H21ClN4S. The third-order valence-corrected chi connectivity index (χ3v) is 5.56. The van der Waals surface area contributed by atoms with Gasteiger partial charge in [0, 0.05) is 30.6 Å². The molecule has 0 amide bonds. The molecule has 1 saturated heterocycles. The van der Waals surface area contributed by atoms with Crippen molar-refractivity contribution in [3.05, 3.63) is 64.9 Å². The lowest BCUT2D eigenvalue weighted by Crippen LogP contribution is -2.43. The molecule has 1 fully saturated rings. The number of hydrogen-bond donors (Lipinski definition) is 2. The molecule has 1 aromatic heterocycles. The molecule has 6 heteroatoms. The Morgan fingerprint density at radius 2 is 1.96 bits per heavy atom. The SMILES string of the molecule is S=C(NCc1ccccc1)N1CCC(c2nc3ccc(Cl)cc3[nH]2)CC1. The van der Waals surface area contributed by atoms with Crippen molar-refractivity contribution in [2.24, 2.45) is 0 Å². The Balaban J connectivity index is 1.33. The quantitative estimate of drug-likeness (QED) is 0.654. The first-order valence-electron chi connectivity index (χ1n) is 8.91. The number of halogens is 1. The minimum absolute atomic E-state index is 0.439. The summed E-state index contributed by atoms with van der Waals surface area (Å²) in [6.45, 7) is 2.66. The molecule has 0 bridgehead atoms. The Morgan fingerprint density at radius 1 is 1.19 bits per heavy atom. The zero-order valence-electron chi connectivity index (χ0n) is 14.4. The van der Waals surface area contributed by atoms with Crippen molar-refractivity contribution in [1.29, 1.82) is 0 Å². The van der Waals surface area contributed by atoms with Gasteiger partial charge in [-0.3, -0.25) is 0 Å². The molecule has 0 radical (unpaired) electrons. The molecule has 2 N–H and O–H groups in total. The molecule has 0 spiro atoms. The van der Waals surface area contributed by atoms with Crippen LogP contribution in [0.4, 0.5) is 0 Å². The molecular weight excluding hydrogens is 364 g/mol. The summed E-state index contributed by atoms with van der Waals surface area (Å²) in [5, 5.41) is 4.94. The summed E-state index contributed by atoms with van der Waals surface area (Å²) in [6, 6.07) is 16.1. The largest absolute Gasteiger partial charge is 0.358 e. The standard InChI is InChI=1S/C20H21ClN4S/c21-16-6-7-17-18(12-16)24-19(23-17)15-8-10-25(11-9-15)20(26)22-13-14-4-2-1-3-5-14/h1-7,12,15H,8-11,13H2,(H,22,26)(H,23,24). The molecule has 0 saturated carbocycles. The van der Waals surface area contributed by atoms with Gasteiger partial charge in [0.15, 0.2) is 5.11 Å². The lowest BCUT2D eigenvalue weighted by molar-refractivity contribution is 0.304. The van der Waals surface area contributed by atoms with Gasteiger partial charge in [0.25, 0.3) is 0 Å². The highest BCUT2D eigenvalue weighted by atomic mass is 35.5. The van der Waals surface area contributed by atoms with Gasteiger partial charge < -0.3 is 15.2 Å². The van der Waals surface area contributed by atoms with Crippen molar-refractivity contribution in [2.75, 3.05) is 13.1 Å². The van der Waals surface area contributed by atoms with Crippen molar-refractivity contribution < 1.29 is 0 Å². The highest BCUT2D eigenvalue weighted by Crippen LogP contribution is 2.28. The number of aromatic amines is 1. The molecule has 1 aliphatic heterocycles. The van der Waals surface area contributed by atoms with Crippen LogP contribution in [0.3, 0.4) is 0 Å². The number of aromatic nitrogens is 2. The van der Waals surface area contributed by atoms with Gasteiger partial charge in [-0.25, -0.2) is 4.98 Å². The monoisotopic (exact) mass is 384 g/mol. The van der Waals surface area contributed by atoms with Crippen molar-refractivity contribution in [3.63, 3.8) is 0 Å². The summed E-state index contributed by atoms with van der Waals surface area (Å²) < 4.78 is 0. The number of piperidine rings is 1. The number of nitrogens with one attached hydrogen (secondary N) is 2. The maximum atomic E-state index is 6.07. The molecule has 26 heavy (non-hydrogen) atoms. The van der Waals surface area contributed by atoms with E-state index in [9.17, 15) is 0 Å².